The van der Waals surface area contributed by atoms with Gasteiger partial charge in [-0.25, -0.2) is 9.78 Å². The molecular weight excluding hydrogens is 348 g/mol. The number of hydrogen-bond acceptors (Lipinski definition) is 5. The highest BCUT2D eigenvalue weighted by atomic mass is 16.5. The van der Waals surface area contributed by atoms with Crippen LogP contribution in [0, 0.1) is 5.92 Å². The molecule has 0 aromatic carbocycles. The summed E-state index contributed by atoms with van der Waals surface area (Å²) in [4.78, 5) is 40.7. The first-order chi connectivity index (χ1) is 12.9. The van der Waals surface area contributed by atoms with Crippen LogP contribution >= 0.6 is 0 Å². The molecule has 2 atom stereocenters. The molecule has 0 spiro atoms. The summed E-state index contributed by atoms with van der Waals surface area (Å²) in [6, 6.07) is 1.54. The monoisotopic (exact) mass is 374 g/mol. The first-order valence-corrected chi connectivity index (χ1v) is 9.39. The van der Waals surface area contributed by atoms with E-state index in [1.165, 1.54) is 30.3 Å². The highest BCUT2D eigenvalue weighted by Gasteiger charge is 2.25. The van der Waals surface area contributed by atoms with Crippen LogP contribution in [0.1, 0.15) is 39.0 Å². The normalized spacial score (nSPS) is 20.0. The van der Waals surface area contributed by atoms with Crippen molar-refractivity contribution < 1.29 is 9.53 Å². The second kappa shape index (κ2) is 8.04. The van der Waals surface area contributed by atoms with Gasteiger partial charge in [0.2, 0.25) is 5.91 Å². The van der Waals surface area contributed by atoms with Crippen molar-refractivity contribution in [1.29, 1.82) is 0 Å². The molecule has 1 N–H and O–H groups in total. The van der Waals surface area contributed by atoms with Crippen molar-refractivity contribution in [2.45, 2.75) is 45.1 Å². The summed E-state index contributed by atoms with van der Waals surface area (Å²) in [7, 11) is 2.97. The SMILES string of the molecule is CCC1CCCCC1OCC(=O)Nc1cnc2c(c1)c(=O)n(C)c(=O)n2C. The molecule has 0 bridgehead atoms. The Morgan fingerprint density at radius 2 is 2.00 bits per heavy atom. The van der Waals surface area contributed by atoms with Crippen LogP contribution in [0.4, 0.5) is 5.69 Å². The molecule has 8 nitrogen and oxygen atoms in total. The third-order valence-electron chi connectivity index (χ3n) is 5.37. The lowest BCUT2D eigenvalue weighted by Gasteiger charge is -2.30. The van der Waals surface area contributed by atoms with E-state index in [9.17, 15) is 14.4 Å². The van der Waals surface area contributed by atoms with Crippen LogP contribution in [0.25, 0.3) is 11.0 Å². The average molecular weight is 374 g/mol. The minimum absolute atomic E-state index is 0.0233. The maximum Gasteiger partial charge on any atom is 0.332 e. The van der Waals surface area contributed by atoms with Crippen LogP contribution in [0.15, 0.2) is 21.9 Å². The van der Waals surface area contributed by atoms with Crippen LogP contribution in [-0.2, 0) is 23.6 Å². The molecule has 0 radical (unpaired) electrons. The molecule has 1 fully saturated rings. The van der Waals surface area contributed by atoms with Crippen LogP contribution in [0.2, 0.25) is 0 Å². The van der Waals surface area contributed by atoms with Crippen molar-refractivity contribution in [3.05, 3.63) is 33.1 Å². The van der Waals surface area contributed by atoms with Gasteiger partial charge in [-0.1, -0.05) is 26.2 Å². The molecule has 2 aromatic rings. The number of pyridine rings is 1. The number of aryl methyl sites for hydroxylation is 1. The molecule has 1 amide bonds. The number of carbonyl (C=O) groups is 1. The quantitative estimate of drug-likeness (QED) is 0.857. The maximum atomic E-state index is 12.3. The third-order valence-corrected chi connectivity index (χ3v) is 5.37. The second-order valence-electron chi connectivity index (χ2n) is 7.15. The van der Waals surface area contributed by atoms with Gasteiger partial charge in [0.05, 0.1) is 23.4 Å². The highest BCUT2D eigenvalue weighted by Crippen LogP contribution is 2.29. The second-order valence-corrected chi connectivity index (χ2v) is 7.15. The summed E-state index contributed by atoms with van der Waals surface area (Å²) < 4.78 is 8.17. The van der Waals surface area contributed by atoms with Gasteiger partial charge in [-0.3, -0.25) is 18.7 Å². The predicted molar refractivity (Wildman–Crippen MR) is 103 cm³/mol. The molecule has 1 aliphatic rings. The Balaban J connectivity index is 1.72. The Morgan fingerprint density at radius 1 is 1.26 bits per heavy atom. The van der Waals surface area contributed by atoms with E-state index in [0.717, 1.165) is 30.3 Å². The van der Waals surface area contributed by atoms with E-state index < -0.39 is 11.2 Å². The Bertz CT molecular complexity index is 963. The lowest BCUT2D eigenvalue weighted by atomic mass is 9.85. The Morgan fingerprint density at radius 3 is 2.74 bits per heavy atom. The molecule has 1 saturated carbocycles. The zero-order valence-electron chi connectivity index (χ0n) is 16.0. The number of amides is 1. The molecule has 1 aliphatic carbocycles. The molecule has 0 saturated heterocycles. The minimum Gasteiger partial charge on any atom is -0.368 e. The fraction of sp³-hybridized carbons (Fsp3) is 0.579. The number of rotatable bonds is 5. The van der Waals surface area contributed by atoms with Crippen molar-refractivity contribution >= 4 is 22.6 Å². The van der Waals surface area contributed by atoms with Crippen LogP contribution in [-0.4, -0.2) is 32.7 Å². The summed E-state index contributed by atoms with van der Waals surface area (Å²) in [5, 5.41) is 3.00. The summed E-state index contributed by atoms with van der Waals surface area (Å²) in [5.74, 6) is 0.233. The van der Waals surface area contributed by atoms with Crippen molar-refractivity contribution in [3.8, 4) is 0 Å². The fourth-order valence-electron chi connectivity index (χ4n) is 3.77. The van der Waals surface area contributed by atoms with Gasteiger partial charge in [-0.15, -0.1) is 0 Å². The van der Waals surface area contributed by atoms with Gasteiger partial charge in [-0.2, -0.15) is 0 Å². The Kier molecular flexibility index (Phi) is 5.74. The fourth-order valence-corrected chi connectivity index (χ4v) is 3.77. The average Bonchev–Trinajstić information content (AvgIpc) is 2.69. The summed E-state index contributed by atoms with van der Waals surface area (Å²) in [6.45, 7) is 2.13. The maximum absolute atomic E-state index is 12.3. The van der Waals surface area contributed by atoms with E-state index in [4.69, 9.17) is 4.74 Å². The van der Waals surface area contributed by atoms with Gasteiger partial charge in [0, 0.05) is 14.1 Å². The molecule has 2 aromatic heterocycles. The Hall–Kier alpha value is -2.48. The standard InChI is InChI=1S/C19H26N4O4/c1-4-12-7-5-6-8-15(12)27-11-16(24)21-13-9-14-17(20-10-13)22(2)19(26)23(3)18(14)25/h9-10,12,15H,4-8,11H2,1-3H3,(H,21,24). The highest BCUT2D eigenvalue weighted by molar-refractivity contribution is 5.93. The number of anilines is 1. The van der Waals surface area contributed by atoms with Gasteiger partial charge in [-0.05, 0) is 24.8 Å². The molecule has 27 heavy (non-hydrogen) atoms. The minimum atomic E-state index is -0.444. The van der Waals surface area contributed by atoms with E-state index in [1.807, 2.05) is 0 Å². The lowest BCUT2D eigenvalue weighted by Crippen LogP contribution is -2.37. The van der Waals surface area contributed by atoms with Crippen molar-refractivity contribution in [3.63, 3.8) is 0 Å². The summed E-state index contributed by atoms with van der Waals surface area (Å²) in [6.07, 6.45) is 7.14. The number of fused-ring (bicyclic) bond motifs is 1. The number of nitrogens with one attached hydrogen (secondary N) is 1. The number of aromatic nitrogens is 3. The smallest absolute Gasteiger partial charge is 0.332 e. The predicted octanol–water partition coefficient (Wildman–Crippen LogP) is 1.56. The molecule has 146 valence electrons. The van der Waals surface area contributed by atoms with E-state index in [0.29, 0.717) is 11.6 Å². The zero-order chi connectivity index (χ0) is 19.6. The van der Waals surface area contributed by atoms with E-state index in [1.54, 1.807) is 7.05 Å². The number of ether oxygens (including phenoxy) is 1. The number of nitrogens with zero attached hydrogens (tertiary/aromatic N) is 3. The van der Waals surface area contributed by atoms with Crippen LogP contribution in [0.3, 0.4) is 0 Å². The first-order valence-electron chi connectivity index (χ1n) is 9.39. The van der Waals surface area contributed by atoms with Gasteiger partial charge in [0.1, 0.15) is 12.3 Å². The van der Waals surface area contributed by atoms with Gasteiger partial charge < -0.3 is 10.1 Å². The van der Waals surface area contributed by atoms with Crippen molar-refractivity contribution in [2.24, 2.45) is 20.0 Å². The molecule has 0 aliphatic heterocycles. The van der Waals surface area contributed by atoms with Gasteiger partial charge >= 0.3 is 5.69 Å². The topological polar surface area (TPSA) is 95.2 Å². The van der Waals surface area contributed by atoms with E-state index in [2.05, 4.69) is 17.2 Å². The number of hydrogen-bond donors (Lipinski definition) is 1. The van der Waals surface area contributed by atoms with Crippen molar-refractivity contribution in [2.75, 3.05) is 11.9 Å². The largest absolute Gasteiger partial charge is 0.368 e. The van der Waals surface area contributed by atoms with E-state index in [-0.39, 0.29) is 29.7 Å². The number of carbonyl (C=O) groups excluding carboxylic acids is 1. The molecular formula is C19H26N4O4. The summed E-state index contributed by atoms with van der Waals surface area (Å²) in [5.41, 5.74) is -0.197. The zero-order valence-corrected chi connectivity index (χ0v) is 16.0. The molecule has 2 heterocycles. The lowest BCUT2D eigenvalue weighted by molar-refractivity contribution is -0.124. The third kappa shape index (κ3) is 3.95. The summed E-state index contributed by atoms with van der Waals surface area (Å²) >= 11 is 0. The molecule has 8 heteroatoms. The van der Waals surface area contributed by atoms with Crippen LogP contribution < -0.4 is 16.6 Å². The first kappa shape index (κ1) is 19.3. The molecule has 2 unspecified atom stereocenters. The van der Waals surface area contributed by atoms with Gasteiger partial charge in [0.15, 0.2) is 0 Å². The van der Waals surface area contributed by atoms with Gasteiger partial charge in [0.25, 0.3) is 5.56 Å². The van der Waals surface area contributed by atoms with Crippen molar-refractivity contribution in [1.82, 2.24) is 14.1 Å². The van der Waals surface area contributed by atoms with Crippen LogP contribution in [0.5, 0.6) is 0 Å². The Labute approximate surface area is 157 Å². The van der Waals surface area contributed by atoms with E-state index >= 15 is 0 Å². The molecule has 3 rings (SSSR count).